The topological polar surface area (TPSA) is 48.3 Å². The lowest BCUT2D eigenvalue weighted by Gasteiger charge is -2.10. The van der Waals surface area contributed by atoms with E-state index in [1.54, 1.807) is 48.5 Å². The van der Waals surface area contributed by atoms with E-state index < -0.39 is 10.0 Å². The fraction of sp³-hybridized carbons (Fsp3) is 0.0667. The van der Waals surface area contributed by atoms with Crippen LogP contribution in [-0.2, 0) is 10.0 Å². The first-order valence-corrected chi connectivity index (χ1v) is 7.54. The Hall–Kier alpha value is -2.27. The van der Waals surface area contributed by atoms with E-state index in [2.05, 4.69) is 0 Å². The zero-order valence-electron chi connectivity index (χ0n) is 10.9. The molecule has 0 saturated carbocycles. The highest BCUT2D eigenvalue weighted by molar-refractivity contribution is 7.90. The number of para-hydroxylation sites is 1. The van der Waals surface area contributed by atoms with Gasteiger partial charge in [-0.2, -0.15) is 0 Å². The zero-order chi connectivity index (χ0) is 14.2. The number of rotatable bonds is 3. The van der Waals surface area contributed by atoms with Crippen LogP contribution in [0.2, 0.25) is 0 Å². The molecule has 5 heteroatoms. The Bertz CT molecular complexity index is 851. The van der Waals surface area contributed by atoms with Crippen molar-refractivity contribution in [1.82, 2.24) is 3.97 Å². The Morgan fingerprint density at radius 2 is 1.60 bits per heavy atom. The van der Waals surface area contributed by atoms with Crippen molar-refractivity contribution in [2.24, 2.45) is 0 Å². The van der Waals surface area contributed by atoms with Crippen LogP contribution in [0.15, 0.2) is 65.6 Å². The number of aromatic nitrogens is 1. The molecule has 4 nitrogen and oxygen atoms in total. The van der Waals surface area contributed by atoms with Gasteiger partial charge in [0.15, 0.2) is 0 Å². The Morgan fingerprint density at radius 1 is 0.950 bits per heavy atom. The summed E-state index contributed by atoms with van der Waals surface area (Å²) >= 11 is 0. The number of ether oxygens (including phenoxy) is 1. The van der Waals surface area contributed by atoms with E-state index in [0.29, 0.717) is 11.4 Å². The fourth-order valence-electron chi connectivity index (χ4n) is 2.19. The molecule has 102 valence electrons. The summed E-state index contributed by atoms with van der Waals surface area (Å²) < 4.78 is 32.0. The second-order valence-electron chi connectivity index (χ2n) is 4.33. The molecule has 3 rings (SSSR count). The first-order chi connectivity index (χ1) is 9.64. The molecule has 1 aromatic heterocycles. The molecule has 0 aliphatic rings. The van der Waals surface area contributed by atoms with Crippen molar-refractivity contribution in [2.75, 3.05) is 7.11 Å². The van der Waals surface area contributed by atoms with Crippen LogP contribution < -0.4 is 4.74 Å². The van der Waals surface area contributed by atoms with Gasteiger partial charge in [-0.25, -0.2) is 12.4 Å². The molecule has 0 atom stereocenters. The molecule has 0 fully saturated rings. The smallest absolute Gasteiger partial charge is 0.271 e. The number of fused-ring (bicyclic) bond motifs is 1. The Balaban J connectivity index is 2.34. The minimum Gasteiger partial charge on any atom is -0.481 e. The molecule has 0 aliphatic heterocycles. The van der Waals surface area contributed by atoms with Gasteiger partial charge in [0.1, 0.15) is 0 Å². The molecular formula is C15H13NO3S. The molecule has 0 spiro atoms. The number of hydrogen-bond donors (Lipinski definition) is 0. The lowest BCUT2D eigenvalue weighted by atomic mass is 10.3. The van der Waals surface area contributed by atoms with Crippen LogP contribution in [0.1, 0.15) is 0 Å². The molecule has 0 aliphatic carbocycles. The standard InChI is InChI=1S/C15H13NO3S/c1-19-15-11-12-7-5-6-10-14(12)16(15)20(17,18)13-8-3-2-4-9-13/h2-11H,1H3. The van der Waals surface area contributed by atoms with Gasteiger partial charge < -0.3 is 4.74 Å². The molecular weight excluding hydrogens is 274 g/mol. The summed E-state index contributed by atoms with van der Waals surface area (Å²) in [5.41, 5.74) is 0.605. The lowest BCUT2D eigenvalue weighted by molar-refractivity contribution is 0.394. The second kappa shape index (κ2) is 4.68. The third kappa shape index (κ3) is 1.87. The van der Waals surface area contributed by atoms with Crippen molar-refractivity contribution in [2.45, 2.75) is 4.90 Å². The van der Waals surface area contributed by atoms with Crippen molar-refractivity contribution in [1.29, 1.82) is 0 Å². The molecule has 2 aromatic carbocycles. The van der Waals surface area contributed by atoms with Crippen LogP contribution in [-0.4, -0.2) is 19.5 Å². The molecule has 20 heavy (non-hydrogen) atoms. The molecule has 0 N–H and O–H groups in total. The van der Waals surface area contributed by atoms with Crippen LogP contribution in [0.3, 0.4) is 0 Å². The molecule has 0 unspecified atom stereocenters. The molecule has 0 bridgehead atoms. The van der Waals surface area contributed by atoms with Gasteiger partial charge in [-0.3, -0.25) is 0 Å². The summed E-state index contributed by atoms with van der Waals surface area (Å²) in [6.45, 7) is 0. The molecule has 1 heterocycles. The summed E-state index contributed by atoms with van der Waals surface area (Å²) in [6, 6.07) is 17.3. The highest BCUT2D eigenvalue weighted by atomic mass is 32.2. The average Bonchev–Trinajstić information content (AvgIpc) is 2.87. The monoisotopic (exact) mass is 287 g/mol. The van der Waals surface area contributed by atoms with Gasteiger partial charge in [-0.15, -0.1) is 0 Å². The summed E-state index contributed by atoms with van der Waals surface area (Å²) in [4.78, 5) is 0.236. The third-order valence-electron chi connectivity index (χ3n) is 3.13. The van der Waals surface area contributed by atoms with Crippen LogP contribution in [0.4, 0.5) is 0 Å². The van der Waals surface area contributed by atoms with Crippen molar-refractivity contribution in [3.8, 4) is 5.88 Å². The predicted octanol–water partition coefficient (Wildman–Crippen LogP) is 2.89. The van der Waals surface area contributed by atoms with Crippen LogP contribution in [0.5, 0.6) is 5.88 Å². The number of hydrogen-bond acceptors (Lipinski definition) is 3. The van der Waals surface area contributed by atoms with Gasteiger partial charge in [0, 0.05) is 11.5 Å². The predicted molar refractivity (Wildman–Crippen MR) is 77.5 cm³/mol. The zero-order valence-corrected chi connectivity index (χ0v) is 11.7. The number of nitrogens with zero attached hydrogens (tertiary/aromatic N) is 1. The van der Waals surface area contributed by atoms with Crippen molar-refractivity contribution < 1.29 is 13.2 Å². The fourth-order valence-corrected chi connectivity index (χ4v) is 3.69. The van der Waals surface area contributed by atoms with Crippen molar-refractivity contribution in [3.63, 3.8) is 0 Å². The maximum Gasteiger partial charge on any atom is 0.271 e. The van der Waals surface area contributed by atoms with Gasteiger partial charge in [0.05, 0.1) is 17.5 Å². The maximum atomic E-state index is 12.8. The van der Waals surface area contributed by atoms with Gasteiger partial charge in [-0.05, 0) is 18.2 Å². The first kappa shape index (κ1) is 12.7. The highest BCUT2D eigenvalue weighted by Gasteiger charge is 2.23. The van der Waals surface area contributed by atoms with Crippen LogP contribution >= 0.6 is 0 Å². The Labute approximate surface area is 117 Å². The largest absolute Gasteiger partial charge is 0.481 e. The van der Waals surface area contributed by atoms with Crippen molar-refractivity contribution in [3.05, 3.63) is 60.7 Å². The van der Waals surface area contributed by atoms with Gasteiger partial charge >= 0.3 is 0 Å². The van der Waals surface area contributed by atoms with Crippen LogP contribution in [0.25, 0.3) is 10.9 Å². The minimum absolute atomic E-state index is 0.236. The average molecular weight is 287 g/mol. The number of benzene rings is 2. The molecule has 0 saturated heterocycles. The summed E-state index contributed by atoms with van der Waals surface area (Å²) in [5, 5.41) is 0.823. The Morgan fingerprint density at radius 3 is 2.30 bits per heavy atom. The lowest BCUT2D eigenvalue weighted by Crippen LogP contribution is -2.13. The van der Waals surface area contributed by atoms with Gasteiger partial charge in [0.25, 0.3) is 10.0 Å². The number of methoxy groups -OCH3 is 1. The van der Waals surface area contributed by atoms with E-state index in [1.807, 2.05) is 12.1 Å². The highest BCUT2D eigenvalue weighted by Crippen LogP contribution is 2.29. The quantitative estimate of drug-likeness (QED) is 0.744. The van der Waals surface area contributed by atoms with E-state index >= 15 is 0 Å². The normalized spacial score (nSPS) is 11.7. The Kier molecular flexibility index (Phi) is 2.99. The van der Waals surface area contributed by atoms with Crippen LogP contribution in [0, 0.1) is 0 Å². The SMILES string of the molecule is COc1cc2ccccc2n1S(=O)(=O)c1ccccc1. The summed E-state index contributed by atoms with van der Waals surface area (Å²) in [5.74, 6) is 0.301. The minimum atomic E-state index is -3.67. The van der Waals surface area contributed by atoms with E-state index in [-0.39, 0.29) is 4.90 Å². The van der Waals surface area contributed by atoms with Gasteiger partial charge in [0.2, 0.25) is 5.88 Å². The van der Waals surface area contributed by atoms with Gasteiger partial charge in [-0.1, -0.05) is 36.4 Å². The summed E-state index contributed by atoms with van der Waals surface area (Å²) in [6.07, 6.45) is 0. The third-order valence-corrected chi connectivity index (χ3v) is 4.85. The van der Waals surface area contributed by atoms with E-state index in [0.717, 1.165) is 5.39 Å². The summed E-state index contributed by atoms with van der Waals surface area (Å²) in [7, 11) is -2.21. The molecule has 0 amide bonds. The molecule has 0 radical (unpaired) electrons. The van der Waals surface area contributed by atoms with E-state index in [4.69, 9.17) is 4.74 Å². The van der Waals surface area contributed by atoms with E-state index in [1.165, 1.54) is 11.1 Å². The van der Waals surface area contributed by atoms with E-state index in [9.17, 15) is 8.42 Å². The first-order valence-electron chi connectivity index (χ1n) is 6.10. The second-order valence-corrected chi connectivity index (χ2v) is 6.11. The molecule has 3 aromatic rings. The maximum absolute atomic E-state index is 12.8. The van der Waals surface area contributed by atoms with Crippen molar-refractivity contribution >= 4 is 20.9 Å².